The molecule has 0 spiro atoms. The third-order valence-corrected chi connectivity index (χ3v) is 10.9. The van der Waals surface area contributed by atoms with Crippen LogP contribution in [0.5, 0.6) is 0 Å². The van der Waals surface area contributed by atoms with Crippen molar-refractivity contribution in [2.75, 3.05) is 13.1 Å². The molecule has 8 atom stereocenters. The minimum absolute atomic E-state index is 0. The van der Waals surface area contributed by atoms with E-state index in [1.165, 1.54) is 51.4 Å². The molecule has 0 saturated heterocycles. The number of nitrogens with one attached hydrogen (secondary N) is 1. The zero-order valence-corrected chi connectivity index (χ0v) is 22.7. The van der Waals surface area contributed by atoms with E-state index in [1.807, 2.05) is 0 Å². The Bertz CT molecular complexity index is 759. The van der Waals surface area contributed by atoms with Crippen LogP contribution in [0.3, 0.4) is 0 Å². The van der Waals surface area contributed by atoms with E-state index >= 15 is 0 Å². The fraction of sp³-hybridized carbons (Fsp3) is 0.900. The molecule has 0 bridgehead atoms. The molecule has 0 aromatic carbocycles. The van der Waals surface area contributed by atoms with E-state index in [2.05, 4.69) is 46.0 Å². The van der Waals surface area contributed by atoms with Crippen molar-refractivity contribution in [2.45, 2.75) is 111 Å². The largest absolute Gasteiger partial charge is 0.446 e. The van der Waals surface area contributed by atoms with E-state index in [0.717, 1.165) is 54.8 Å². The molecular weight excluding hydrogens is 420 g/mol. The van der Waals surface area contributed by atoms with Crippen LogP contribution in [0.25, 0.3) is 0 Å². The van der Waals surface area contributed by atoms with E-state index in [4.69, 9.17) is 10.5 Å². The second-order valence-corrected chi connectivity index (χ2v) is 13.3. The number of allylic oxidation sites excluding steroid dienone is 1. The van der Waals surface area contributed by atoms with E-state index < -0.39 is 0 Å². The number of rotatable bonds is 8. The molecule has 3 fully saturated rings. The molecule has 0 radical (unpaired) electrons. The highest BCUT2D eigenvalue weighted by atomic mass is 16.6. The molecular formula is C30H56N2O2. The van der Waals surface area contributed by atoms with Crippen molar-refractivity contribution >= 4 is 6.09 Å². The summed E-state index contributed by atoms with van der Waals surface area (Å²) in [4.78, 5) is 12.1. The van der Waals surface area contributed by atoms with E-state index in [1.54, 1.807) is 5.57 Å². The second kappa shape index (κ2) is 10.5. The minimum atomic E-state index is -0.304. The molecule has 4 nitrogen and oxygen atoms in total. The van der Waals surface area contributed by atoms with Crippen LogP contribution in [0.1, 0.15) is 108 Å². The maximum atomic E-state index is 12.1. The van der Waals surface area contributed by atoms with Crippen LogP contribution >= 0.6 is 0 Å². The summed E-state index contributed by atoms with van der Waals surface area (Å²) in [5.74, 6) is 5.18. The molecule has 0 unspecified atom stereocenters. The average molecular weight is 477 g/mol. The number of alkyl carbamates (subject to hydrolysis) is 1. The number of fused-ring (bicyclic) bond motifs is 5. The van der Waals surface area contributed by atoms with Crippen molar-refractivity contribution in [1.82, 2.24) is 5.32 Å². The summed E-state index contributed by atoms with van der Waals surface area (Å²) in [7, 11) is 0. The maximum absolute atomic E-state index is 12.1. The zero-order chi connectivity index (χ0) is 24.5. The lowest BCUT2D eigenvalue weighted by Gasteiger charge is -2.58. The Morgan fingerprint density at radius 1 is 1.15 bits per heavy atom. The predicted octanol–water partition coefficient (Wildman–Crippen LogP) is 7.57. The van der Waals surface area contributed by atoms with Gasteiger partial charge in [0.15, 0.2) is 0 Å². The zero-order valence-electron chi connectivity index (χ0n) is 22.7. The van der Waals surface area contributed by atoms with E-state index in [-0.39, 0.29) is 15.1 Å². The predicted molar refractivity (Wildman–Crippen MR) is 145 cm³/mol. The molecule has 0 aromatic rings. The van der Waals surface area contributed by atoms with Crippen molar-refractivity contribution < 1.29 is 12.4 Å². The Kier molecular flexibility index (Phi) is 8.06. The van der Waals surface area contributed by atoms with Crippen molar-refractivity contribution in [3.63, 3.8) is 0 Å². The van der Waals surface area contributed by atoms with Crippen LogP contribution in [0.15, 0.2) is 11.6 Å². The van der Waals surface area contributed by atoms with Gasteiger partial charge in [-0.2, -0.15) is 0 Å². The van der Waals surface area contributed by atoms with Gasteiger partial charge in [-0.25, -0.2) is 4.79 Å². The first-order chi connectivity index (χ1) is 16.2. The molecule has 0 heterocycles. The van der Waals surface area contributed by atoms with Gasteiger partial charge in [0.05, 0.1) is 0 Å². The Morgan fingerprint density at radius 3 is 2.68 bits per heavy atom. The van der Waals surface area contributed by atoms with Crippen LogP contribution in [-0.4, -0.2) is 25.3 Å². The quantitative estimate of drug-likeness (QED) is 0.355. The Balaban J connectivity index is 0.00000228. The lowest BCUT2D eigenvalue weighted by atomic mass is 9.47. The van der Waals surface area contributed by atoms with E-state index in [0.29, 0.717) is 23.9 Å². The van der Waals surface area contributed by atoms with Gasteiger partial charge >= 0.3 is 6.09 Å². The van der Waals surface area contributed by atoms with Crippen molar-refractivity contribution in [3.05, 3.63) is 11.6 Å². The Morgan fingerprint density at radius 2 is 1.94 bits per heavy atom. The molecule has 1 amide bonds. The van der Waals surface area contributed by atoms with Gasteiger partial charge in [0.2, 0.25) is 0 Å². The number of hydrogen-bond donors (Lipinski definition) is 2. The summed E-state index contributed by atoms with van der Waals surface area (Å²) in [5.41, 5.74) is 7.93. The van der Waals surface area contributed by atoms with Gasteiger partial charge < -0.3 is 15.8 Å². The highest BCUT2D eigenvalue weighted by Gasteiger charge is 2.59. The molecule has 0 aliphatic heterocycles. The van der Waals surface area contributed by atoms with Gasteiger partial charge in [-0.05, 0) is 91.3 Å². The maximum Gasteiger partial charge on any atom is 0.407 e. The number of carbonyl (C=O) groups excluding carboxylic acids is 1. The molecule has 4 aliphatic carbocycles. The van der Waals surface area contributed by atoms with Gasteiger partial charge in [-0.1, -0.05) is 65.5 Å². The van der Waals surface area contributed by atoms with Crippen molar-refractivity contribution in [3.8, 4) is 0 Å². The van der Waals surface area contributed by atoms with Gasteiger partial charge in [-0.15, -0.1) is 0 Å². The lowest BCUT2D eigenvalue weighted by molar-refractivity contribution is -0.0581. The third-order valence-electron chi connectivity index (χ3n) is 10.9. The second-order valence-electron chi connectivity index (χ2n) is 13.3. The lowest BCUT2D eigenvalue weighted by Crippen LogP contribution is -2.51. The van der Waals surface area contributed by atoms with Crippen LogP contribution in [0.4, 0.5) is 4.79 Å². The smallest absolute Gasteiger partial charge is 0.407 e. The summed E-state index contributed by atoms with van der Waals surface area (Å²) in [6.07, 6.45) is 16.5. The monoisotopic (exact) mass is 476 g/mol. The molecule has 34 heavy (non-hydrogen) atoms. The fourth-order valence-corrected chi connectivity index (χ4v) is 9.12. The first-order valence-corrected chi connectivity index (χ1v) is 14.5. The summed E-state index contributed by atoms with van der Waals surface area (Å²) in [6, 6.07) is 0. The van der Waals surface area contributed by atoms with Crippen LogP contribution < -0.4 is 11.1 Å². The first kappa shape index (κ1) is 26.0. The molecule has 3 saturated carbocycles. The molecule has 3 N–H and O–H groups in total. The highest BCUT2D eigenvalue weighted by Crippen LogP contribution is 2.67. The number of nitrogens with two attached hydrogens (primary N) is 1. The van der Waals surface area contributed by atoms with Crippen LogP contribution in [-0.2, 0) is 4.74 Å². The molecule has 4 aliphatic rings. The SMILES string of the molecule is CC(C)CCC[C@@H](C)[C@H]1CC[C@H]2[C@@H]3CC=C4C[C@@H](OC(=O)NCCN)CC[C@]4(C)[C@H]3CC[C@]12C.[HH].[HH]. The summed E-state index contributed by atoms with van der Waals surface area (Å²) >= 11 is 0. The van der Waals surface area contributed by atoms with Crippen LogP contribution in [0, 0.1) is 46.3 Å². The molecule has 4 rings (SSSR count). The Hall–Kier alpha value is -1.03. The van der Waals surface area contributed by atoms with Crippen molar-refractivity contribution in [2.24, 2.45) is 52.1 Å². The van der Waals surface area contributed by atoms with Gasteiger partial charge in [0.1, 0.15) is 6.10 Å². The number of hydrogen-bond acceptors (Lipinski definition) is 3. The minimum Gasteiger partial charge on any atom is -0.446 e. The number of carbonyl (C=O) groups is 1. The topological polar surface area (TPSA) is 64.3 Å². The molecule has 4 heteroatoms. The normalized spacial score (nSPS) is 40.1. The highest BCUT2D eigenvalue weighted by molar-refractivity contribution is 5.67. The number of amides is 1. The van der Waals surface area contributed by atoms with Gasteiger partial charge in [0, 0.05) is 22.4 Å². The van der Waals surface area contributed by atoms with Gasteiger partial charge in [0.25, 0.3) is 0 Å². The fourth-order valence-electron chi connectivity index (χ4n) is 9.12. The standard InChI is InChI=1S/C30H52N2O2.2H2/c1-20(2)7-6-8-21(3)25-11-12-26-24-10-9-22-19-23(34-28(33)32-18-17-31)13-15-29(22,4)27(24)14-16-30(25,26)5;;/h9,20-21,23-27H,6-8,10-19,31H2,1-5H3,(H,32,33);2*1H/t21-,23+,24+,25-,26+,27+,29+,30-;;/m1../s1. The average Bonchev–Trinajstić information content (AvgIpc) is 3.15. The third kappa shape index (κ3) is 4.95. The first-order valence-electron chi connectivity index (χ1n) is 14.5. The summed E-state index contributed by atoms with van der Waals surface area (Å²) < 4.78 is 5.75. The van der Waals surface area contributed by atoms with Crippen LogP contribution in [0.2, 0.25) is 0 Å². The summed E-state index contributed by atoms with van der Waals surface area (Å²) in [6.45, 7) is 13.4. The summed E-state index contributed by atoms with van der Waals surface area (Å²) in [5, 5.41) is 2.76. The van der Waals surface area contributed by atoms with Crippen molar-refractivity contribution in [1.29, 1.82) is 0 Å². The molecule has 198 valence electrons. The Labute approximate surface area is 212 Å². The molecule has 0 aromatic heterocycles. The van der Waals surface area contributed by atoms with Gasteiger partial charge in [-0.3, -0.25) is 0 Å². The number of ether oxygens (including phenoxy) is 1. The van der Waals surface area contributed by atoms with E-state index in [9.17, 15) is 4.79 Å².